The van der Waals surface area contributed by atoms with E-state index in [0.29, 0.717) is 18.7 Å². The average molecular weight is 376 g/mol. The van der Waals surface area contributed by atoms with Crippen molar-refractivity contribution in [1.82, 2.24) is 10.0 Å². The number of carbonyl (C=O) groups is 1. The summed E-state index contributed by atoms with van der Waals surface area (Å²) in [5.74, 6) is 0.625. The highest BCUT2D eigenvalue weighted by Gasteiger charge is 2.08. The highest BCUT2D eigenvalue weighted by molar-refractivity contribution is 7.88. The van der Waals surface area contributed by atoms with Crippen LogP contribution in [0.25, 0.3) is 0 Å². The van der Waals surface area contributed by atoms with Crippen molar-refractivity contribution in [3.63, 3.8) is 0 Å². The fourth-order valence-corrected chi connectivity index (χ4v) is 3.08. The summed E-state index contributed by atoms with van der Waals surface area (Å²) >= 11 is 0. The Morgan fingerprint density at radius 2 is 1.69 bits per heavy atom. The topological polar surface area (TPSA) is 84.5 Å². The lowest BCUT2D eigenvalue weighted by Gasteiger charge is -2.09. The molecule has 0 unspecified atom stereocenters. The Bertz CT molecular complexity index is 833. The lowest BCUT2D eigenvalue weighted by atomic mass is 10.1. The zero-order chi connectivity index (χ0) is 19.0. The van der Waals surface area contributed by atoms with E-state index in [1.165, 1.54) is 7.05 Å². The third-order valence-corrected chi connectivity index (χ3v) is 5.20. The summed E-state index contributed by atoms with van der Waals surface area (Å²) in [6.45, 7) is 2.67. The number of hydrogen-bond acceptors (Lipinski definition) is 4. The van der Waals surface area contributed by atoms with E-state index in [4.69, 9.17) is 4.74 Å². The van der Waals surface area contributed by atoms with Gasteiger partial charge in [-0.25, -0.2) is 13.1 Å². The summed E-state index contributed by atoms with van der Waals surface area (Å²) < 4.78 is 30.9. The first-order chi connectivity index (χ1) is 12.4. The highest BCUT2D eigenvalue weighted by atomic mass is 32.2. The van der Waals surface area contributed by atoms with Crippen LogP contribution >= 0.6 is 0 Å². The Morgan fingerprint density at radius 3 is 2.35 bits per heavy atom. The van der Waals surface area contributed by atoms with Crippen molar-refractivity contribution < 1.29 is 17.9 Å². The highest BCUT2D eigenvalue weighted by Crippen LogP contribution is 2.16. The molecule has 2 N–H and O–H groups in total. The normalized spacial score (nSPS) is 11.2. The van der Waals surface area contributed by atoms with Crippen LogP contribution < -0.4 is 14.8 Å². The van der Waals surface area contributed by atoms with Crippen molar-refractivity contribution in [2.24, 2.45) is 0 Å². The van der Waals surface area contributed by atoms with Gasteiger partial charge in [0, 0.05) is 6.54 Å². The Morgan fingerprint density at radius 1 is 1.04 bits per heavy atom. The van der Waals surface area contributed by atoms with Gasteiger partial charge in [0.15, 0.2) is 0 Å². The summed E-state index contributed by atoms with van der Waals surface area (Å²) in [7, 11) is -1.89. The van der Waals surface area contributed by atoms with Gasteiger partial charge in [-0.05, 0) is 36.7 Å². The number of nitrogens with one attached hydrogen (secondary N) is 2. The molecule has 0 atom stereocenters. The average Bonchev–Trinajstić information content (AvgIpc) is 2.62. The molecule has 0 saturated heterocycles. The smallest absolute Gasteiger partial charge is 0.223 e. The van der Waals surface area contributed by atoms with E-state index in [9.17, 15) is 13.2 Å². The zero-order valence-electron chi connectivity index (χ0n) is 15.0. The lowest BCUT2D eigenvalue weighted by molar-refractivity contribution is -0.121. The molecule has 0 aliphatic heterocycles. The second-order valence-electron chi connectivity index (χ2n) is 5.92. The third-order valence-electron chi connectivity index (χ3n) is 3.86. The van der Waals surface area contributed by atoms with Crippen LogP contribution in [0.3, 0.4) is 0 Å². The van der Waals surface area contributed by atoms with Gasteiger partial charge in [0.2, 0.25) is 15.9 Å². The van der Waals surface area contributed by atoms with Gasteiger partial charge in [0.1, 0.15) is 5.75 Å². The number of rotatable bonds is 9. The first-order valence-electron chi connectivity index (χ1n) is 8.34. The summed E-state index contributed by atoms with van der Waals surface area (Å²) in [6.07, 6.45) is 0.271. The second-order valence-corrected chi connectivity index (χ2v) is 7.85. The summed E-state index contributed by atoms with van der Waals surface area (Å²) in [6, 6.07) is 14.8. The van der Waals surface area contributed by atoms with Gasteiger partial charge in [-0.2, -0.15) is 0 Å². The Labute approximate surface area is 154 Å². The Hall–Kier alpha value is -2.38. The number of hydrogen-bond donors (Lipinski definition) is 2. The molecule has 0 saturated carbocycles. The van der Waals surface area contributed by atoms with Crippen LogP contribution in [-0.2, 0) is 27.1 Å². The molecule has 6 nitrogen and oxygen atoms in total. The SMILES string of the molecule is CNS(=O)(=O)Cc1ccc(CNC(=O)CCOc2ccccc2C)cc1. The van der Waals surface area contributed by atoms with Crippen LogP contribution in [0.4, 0.5) is 0 Å². The molecule has 1 amide bonds. The van der Waals surface area contributed by atoms with Crippen molar-refractivity contribution in [3.8, 4) is 5.75 Å². The number of amides is 1. The number of benzene rings is 2. The van der Waals surface area contributed by atoms with Crippen molar-refractivity contribution in [1.29, 1.82) is 0 Å². The van der Waals surface area contributed by atoms with Crippen LogP contribution in [0.5, 0.6) is 5.75 Å². The molecule has 0 heterocycles. The van der Waals surface area contributed by atoms with Gasteiger partial charge < -0.3 is 10.1 Å². The van der Waals surface area contributed by atoms with Crippen LogP contribution in [0.1, 0.15) is 23.1 Å². The fraction of sp³-hybridized carbons (Fsp3) is 0.316. The Balaban J connectivity index is 1.74. The minimum atomic E-state index is -3.28. The zero-order valence-corrected chi connectivity index (χ0v) is 15.8. The molecule has 2 rings (SSSR count). The van der Waals surface area contributed by atoms with Crippen molar-refractivity contribution >= 4 is 15.9 Å². The molecular formula is C19H24N2O4S. The number of sulfonamides is 1. The quantitative estimate of drug-likeness (QED) is 0.702. The maximum absolute atomic E-state index is 11.9. The molecule has 0 radical (unpaired) electrons. The molecule has 0 aliphatic carbocycles. The molecule has 7 heteroatoms. The fourth-order valence-electron chi connectivity index (χ4n) is 2.31. The van der Waals surface area contributed by atoms with E-state index < -0.39 is 10.0 Å². The number of aryl methyl sites for hydroxylation is 1. The van der Waals surface area contributed by atoms with Crippen LogP contribution in [0.2, 0.25) is 0 Å². The van der Waals surface area contributed by atoms with Crippen molar-refractivity contribution in [2.45, 2.75) is 25.6 Å². The van der Waals surface area contributed by atoms with E-state index >= 15 is 0 Å². The predicted octanol–water partition coefficient (Wildman–Crippen LogP) is 2.13. The van der Waals surface area contributed by atoms with E-state index in [0.717, 1.165) is 16.9 Å². The van der Waals surface area contributed by atoms with E-state index in [-0.39, 0.29) is 18.1 Å². The van der Waals surface area contributed by atoms with Gasteiger partial charge in [0.05, 0.1) is 18.8 Å². The molecule has 2 aromatic rings. The van der Waals surface area contributed by atoms with Gasteiger partial charge in [0.25, 0.3) is 0 Å². The van der Waals surface area contributed by atoms with Crippen LogP contribution in [0.15, 0.2) is 48.5 Å². The van der Waals surface area contributed by atoms with E-state index in [2.05, 4.69) is 10.0 Å². The maximum Gasteiger partial charge on any atom is 0.223 e. The maximum atomic E-state index is 11.9. The molecule has 2 aromatic carbocycles. The minimum absolute atomic E-state index is 0.0631. The molecule has 140 valence electrons. The molecule has 0 fully saturated rings. The molecular weight excluding hydrogens is 352 g/mol. The third kappa shape index (κ3) is 6.50. The Kier molecular flexibility index (Phi) is 7.17. The van der Waals surface area contributed by atoms with Crippen molar-refractivity contribution in [3.05, 3.63) is 65.2 Å². The van der Waals surface area contributed by atoms with E-state index in [1.54, 1.807) is 12.1 Å². The summed E-state index contributed by atoms with van der Waals surface area (Å²) in [5, 5.41) is 2.83. The van der Waals surface area contributed by atoms with E-state index in [1.807, 2.05) is 43.3 Å². The minimum Gasteiger partial charge on any atom is -0.493 e. The molecule has 0 bridgehead atoms. The van der Waals surface area contributed by atoms with Gasteiger partial charge in [-0.1, -0.05) is 42.5 Å². The first-order valence-corrected chi connectivity index (χ1v) is 9.99. The van der Waals surface area contributed by atoms with Gasteiger partial charge in [-0.15, -0.1) is 0 Å². The number of carbonyl (C=O) groups excluding carboxylic acids is 1. The molecule has 0 spiro atoms. The lowest BCUT2D eigenvalue weighted by Crippen LogP contribution is -2.24. The largest absolute Gasteiger partial charge is 0.493 e. The summed E-state index contributed by atoms with van der Waals surface area (Å²) in [5.41, 5.74) is 2.64. The molecule has 26 heavy (non-hydrogen) atoms. The van der Waals surface area contributed by atoms with Crippen LogP contribution in [0, 0.1) is 6.92 Å². The monoisotopic (exact) mass is 376 g/mol. The molecule has 0 aromatic heterocycles. The standard InChI is InChI=1S/C19H24N2O4S/c1-15-5-3-4-6-18(15)25-12-11-19(22)21-13-16-7-9-17(10-8-16)14-26(23,24)20-2/h3-10,20H,11-14H2,1-2H3,(H,21,22). The summed E-state index contributed by atoms with van der Waals surface area (Å²) in [4.78, 5) is 11.9. The molecule has 0 aliphatic rings. The van der Waals surface area contributed by atoms with Crippen molar-refractivity contribution in [2.75, 3.05) is 13.7 Å². The second kappa shape index (κ2) is 9.35. The predicted molar refractivity (Wildman–Crippen MR) is 101 cm³/mol. The van der Waals surface area contributed by atoms with Gasteiger partial charge in [-0.3, -0.25) is 4.79 Å². The number of para-hydroxylation sites is 1. The number of ether oxygens (including phenoxy) is 1. The van der Waals surface area contributed by atoms with Gasteiger partial charge >= 0.3 is 0 Å². The first kappa shape index (κ1) is 19.9. The van der Waals surface area contributed by atoms with Crippen LogP contribution in [-0.4, -0.2) is 28.0 Å².